The molecule has 0 N–H and O–H groups in total. The van der Waals surface area contributed by atoms with E-state index in [0.29, 0.717) is 19.3 Å². The van der Waals surface area contributed by atoms with Gasteiger partial charge in [-0.2, -0.15) is 0 Å². The Morgan fingerprint density at radius 3 is 2.09 bits per heavy atom. The summed E-state index contributed by atoms with van der Waals surface area (Å²) in [7, 11) is -15.3. The fourth-order valence-corrected chi connectivity index (χ4v) is 6.64. The van der Waals surface area contributed by atoms with E-state index in [1.54, 1.807) is 13.8 Å². The number of carbonyl (C=O) groups excluding carboxylic acids is 2. The van der Waals surface area contributed by atoms with Crippen LogP contribution in [0.4, 0.5) is 0 Å². The Morgan fingerprint density at radius 2 is 1.65 bits per heavy atom. The van der Waals surface area contributed by atoms with E-state index >= 15 is 0 Å². The molecule has 0 fully saturated rings. The Balaban J connectivity index is 5.33. The van der Waals surface area contributed by atoms with E-state index in [9.17, 15) is 46.4 Å². The van der Waals surface area contributed by atoms with E-state index in [2.05, 4.69) is 4.31 Å². The van der Waals surface area contributed by atoms with Crippen molar-refractivity contribution in [3.05, 3.63) is 0 Å². The topological polar surface area (TPSA) is 207 Å². The van der Waals surface area contributed by atoms with Crippen LogP contribution in [0, 0.1) is 17.3 Å². The number of hydrogen-bond donors (Lipinski definition) is 0. The smallest absolute Gasteiger partial charge is 0.225 e. The summed E-state index contributed by atoms with van der Waals surface area (Å²) >= 11 is 0. The molecule has 0 bridgehead atoms. The van der Waals surface area contributed by atoms with Gasteiger partial charge >= 0.3 is 0 Å². The first-order valence-corrected chi connectivity index (χ1v) is 15.8. The normalized spacial score (nSPS) is 16.5. The highest BCUT2D eigenvalue weighted by atomic mass is 32.2. The highest BCUT2D eigenvalue weighted by Crippen LogP contribution is 2.49. The number of unbranched alkanes of at least 4 members (excludes halogenated alkanes) is 1. The molecule has 0 aromatic carbocycles. The molecule has 202 valence electrons. The van der Waals surface area contributed by atoms with Crippen LogP contribution in [0.2, 0.25) is 0 Å². The van der Waals surface area contributed by atoms with Crippen molar-refractivity contribution in [2.24, 2.45) is 17.3 Å². The molecule has 1 amide bonds. The van der Waals surface area contributed by atoms with Crippen LogP contribution >= 0.6 is 15.4 Å². The van der Waals surface area contributed by atoms with E-state index < -0.39 is 60.6 Å². The van der Waals surface area contributed by atoms with Crippen molar-refractivity contribution in [3.8, 4) is 0 Å². The summed E-state index contributed by atoms with van der Waals surface area (Å²) in [6.07, 6.45) is 0.661. The zero-order valence-electron chi connectivity index (χ0n) is 20.3. The molecule has 0 aliphatic rings. The fourth-order valence-electron chi connectivity index (χ4n) is 3.55. The van der Waals surface area contributed by atoms with Crippen LogP contribution < -0.4 is 14.7 Å². The molecule has 0 aromatic heterocycles. The van der Waals surface area contributed by atoms with Crippen molar-refractivity contribution in [2.45, 2.75) is 66.7 Å². The van der Waals surface area contributed by atoms with Crippen LogP contribution in [0.25, 0.3) is 0 Å². The standard InChI is InChI=1S/C19H39NO11P2S/c1-6-8-9-20(10-11-32(23,24)31-33(25,26)27)18(22)16(7-2)12-15(3)17(21)13-19(4,5)14-34(28,29)30/h15-16H,6-14H2,1-5H3,(H,23,24)(H2,25,26,27)(H,28,29,30)/p-4. The number of nitrogens with zero attached hydrogens (tertiary/aromatic N) is 1. The molecule has 0 spiro atoms. The van der Waals surface area contributed by atoms with Gasteiger partial charge in [-0.3, -0.25) is 9.59 Å². The quantitative estimate of drug-likeness (QED) is 0.182. The summed E-state index contributed by atoms with van der Waals surface area (Å²) in [5.74, 6) is -2.71. The van der Waals surface area contributed by atoms with Gasteiger partial charge in [0.25, 0.3) is 0 Å². The molecule has 3 unspecified atom stereocenters. The van der Waals surface area contributed by atoms with E-state index in [0.717, 1.165) is 0 Å². The van der Waals surface area contributed by atoms with E-state index in [-0.39, 0.29) is 31.7 Å². The number of hydrogen-bond acceptors (Lipinski definition) is 11. The van der Waals surface area contributed by atoms with Gasteiger partial charge in [-0.25, -0.2) is 8.42 Å². The predicted octanol–water partition coefficient (Wildman–Crippen LogP) is 0.597. The molecule has 15 heteroatoms. The summed E-state index contributed by atoms with van der Waals surface area (Å²) in [4.78, 5) is 60.0. The second kappa shape index (κ2) is 13.6. The molecule has 12 nitrogen and oxygen atoms in total. The minimum absolute atomic E-state index is 0.124. The van der Waals surface area contributed by atoms with Crippen molar-refractivity contribution in [1.82, 2.24) is 4.90 Å². The third kappa shape index (κ3) is 14.7. The lowest BCUT2D eigenvalue weighted by molar-refractivity contribution is -0.337. The Hall–Kier alpha value is -0.650. The van der Waals surface area contributed by atoms with Gasteiger partial charge in [0.2, 0.25) is 5.91 Å². The number of rotatable bonds is 17. The lowest BCUT2D eigenvalue weighted by Gasteiger charge is -2.37. The highest BCUT2D eigenvalue weighted by molar-refractivity contribution is 7.85. The van der Waals surface area contributed by atoms with Crippen LogP contribution in [0.15, 0.2) is 0 Å². The van der Waals surface area contributed by atoms with Gasteiger partial charge in [-0.15, -0.1) is 0 Å². The predicted molar refractivity (Wildman–Crippen MR) is 118 cm³/mol. The minimum atomic E-state index is -5.75. The molecule has 0 heterocycles. The largest absolute Gasteiger partial charge is 0.790 e. The van der Waals surface area contributed by atoms with E-state index in [1.807, 2.05) is 6.92 Å². The van der Waals surface area contributed by atoms with Crippen molar-refractivity contribution >= 4 is 37.2 Å². The van der Waals surface area contributed by atoms with Crippen LogP contribution in [0.1, 0.15) is 66.7 Å². The first-order chi connectivity index (χ1) is 15.2. The van der Waals surface area contributed by atoms with Crippen LogP contribution in [-0.2, 0) is 33.1 Å². The maximum Gasteiger partial charge on any atom is 0.225 e. The third-order valence-corrected chi connectivity index (χ3v) is 8.89. The van der Waals surface area contributed by atoms with Gasteiger partial charge in [0.15, 0.2) is 0 Å². The minimum Gasteiger partial charge on any atom is -0.790 e. The SMILES string of the molecule is CCCCN(CCP(=O)([O-])OP(=O)([O-])[O-])C(=O)C(CC)CC(C)C(=O)CC(C)(C)CS(=O)(=O)[O-]. The molecule has 0 saturated heterocycles. The third-order valence-electron chi connectivity index (χ3n) is 5.21. The Labute approximate surface area is 202 Å². The van der Waals surface area contributed by atoms with Crippen LogP contribution in [0.3, 0.4) is 0 Å². The Morgan fingerprint density at radius 1 is 1.09 bits per heavy atom. The van der Waals surface area contributed by atoms with Crippen LogP contribution in [0.5, 0.6) is 0 Å². The van der Waals surface area contributed by atoms with Gasteiger partial charge in [0.1, 0.15) is 13.4 Å². The molecule has 0 rings (SSSR count). The average Bonchev–Trinajstić information content (AvgIpc) is 2.60. The van der Waals surface area contributed by atoms with Gasteiger partial charge in [-0.05, 0) is 24.7 Å². The summed E-state index contributed by atoms with van der Waals surface area (Å²) in [6, 6.07) is 0. The van der Waals surface area contributed by atoms with E-state index in [1.165, 1.54) is 18.7 Å². The number of amides is 1. The zero-order valence-corrected chi connectivity index (χ0v) is 22.9. The molecule has 0 aromatic rings. The van der Waals surface area contributed by atoms with Crippen molar-refractivity contribution in [2.75, 3.05) is 25.0 Å². The maximum absolute atomic E-state index is 13.1. The molecule has 3 atom stereocenters. The van der Waals surface area contributed by atoms with Crippen molar-refractivity contribution in [3.63, 3.8) is 0 Å². The molecule has 34 heavy (non-hydrogen) atoms. The monoisotopic (exact) mass is 547 g/mol. The molecule has 0 aliphatic carbocycles. The summed E-state index contributed by atoms with van der Waals surface area (Å²) < 4.78 is 59.2. The molecular weight excluding hydrogens is 512 g/mol. The number of phosphoric acid groups is 1. The summed E-state index contributed by atoms with van der Waals surface area (Å²) in [5.41, 5.74) is -1.07. The lowest BCUT2D eigenvalue weighted by atomic mass is 9.82. The van der Waals surface area contributed by atoms with Gasteiger partial charge in [0, 0.05) is 43.3 Å². The summed E-state index contributed by atoms with van der Waals surface area (Å²) in [5, 5.41) is 0. The fraction of sp³-hybridized carbons (Fsp3) is 0.895. The molecule has 0 saturated carbocycles. The first kappa shape index (κ1) is 33.4. The maximum atomic E-state index is 13.1. The lowest BCUT2D eigenvalue weighted by Crippen LogP contribution is -2.40. The zero-order chi connectivity index (χ0) is 27.0. The Bertz CT molecular complexity index is 885. The average molecular weight is 548 g/mol. The molecule has 0 radical (unpaired) electrons. The van der Waals surface area contributed by atoms with E-state index in [4.69, 9.17) is 0 Å². The number of Topliss-reactive ketones (excluding diaryl/α,β-unsaturated/α-hetero) is 1. The summed E-state index contributed by atoms with van der Waals surface area (Å²) in [6.45, 7) is 7.97. The van der Waals surface area contributed by atoms with Crippen molar-refractivity contribution in [1.29, 1.82) is 0 Å². The molecular formula is C19H35NO11P2S-4. The number of carbonyl (C=O) groups is 2. The number of ketones is 1. The van der Waals surface area contributed by atoms with Crippen molar-refractivity contribution < 1.29 is 50.7 Å². The molecule has 0 aliphatic heterocycles. The highest BCUT2D eigenvalue weighted by Gasteiger charge is 2.31. The second-order valence-corrected chi connectivity index (χ2v) is 13.9. The Kier molecular flexibility index (Phi) is 13.3. The van der Waals surface area contributed by atoms with Gasteiger partial charge in [0.05, 0.1) is 17.9 Å². The first-order valence-electron chi connectivity index (χ1n) is 11.0. The van der Waals surface area contributed by atoms with Gasteiger partial charge < -0.3 is 37.6 Å². The van der Waals surface area contributed by atoms with Crippen LogP contribution in [-0.4, -0.2) is 54.6 Å². The second-order valence-electron chi connectivity index (χ2n) is 9.29. The van der Waals surface area contributed by atoms with Gasteiger partial charge in [-0.1, -0.05) is 41.0 Å².